The smallest absolute Gasteiger partial charge is 0.167 e. The molecule has 0 fully saturated rings. The van der Waals surface area contributed by atoms with Crippen LogP contribution in [0.5, 0.6) is 5.75 Å². The molecular formula is C9H12FNO2. The molecule has 72 valence electrons. The third kappa shape index (κ3) is 1.96. The normalized spacial score (nSPS) is 12.9. The Morgan fingerprint density at radius 2 is 2.15 bits per heavy atom. The van der Waals surface area contributed by atoms with Gasteiger partial charge in [0, 0.05) is 6.54 Å². The lowest BCUT2D eigenvalue weighted by molar-refractivity contribution is 0.186. The van der Waals surface area contributed by atoms with E-state index in [2.05, 4.69) is 0 Å². The molecule has 0 bridgehead atoms. The van der Waals surface area contributed by atoms with Crippen LogP contribution in [0.2, 0.25) is 0 Å². The van der Waals surface area contributed by atoms with E-state index in [0.29, 0.717) is 11.1 Å². The van der Waals surface area contributed by atoms with Gasteiger partial charge in [-0.1, -0.05) is 6.07 Å². The van der Waals surface area contributed by atoms with Gasteiger partial charge in [0.15, 0.2) is 11.6 Å². The molecule has 1 rings (SSSR count). The highest BCUT2D eigenvalue weighted by molar-refractivity contribution is 5.35. The fourth-order valence-electron chi connectivity index (χ4n) is 1.11. The number of nitrogens with two attached hydrogens (primary N) is 1. The molecule has 0 saturated heterocycles. The molecule has 1 unspecified atom stereocenters. The molecule has 0 aromatic heterocycles. The molecule has 4 N–H and O–H groups in total. The molecule has 13 heavy (non-hydrogen) atoms. The Bertz CT molecular complexity index is 291. The SMILES string of the molecule is Cc1cc(C(O)CN)cc(O)c1F. The first-order valence-corrected chi connectivity index (χ1v) is 3.93. The van der Waals surface area contributed by atoms with E-state index in [-0.39, 0.29) is 6.54 Å². The molecular weight excluding hydrogens is 173 g/mol. The van der Waals surface area contributed by atoms with E-state index in [4.69, 9.17) is 10.8 Å². The highest BCUT2D eigenvalue weighted by atomic mass is 19.1. The number of halogens is 1. The molecule has 0 aliphatic rings. The highest BCUT2D eigenvalue weighted by Crippen LogP contribution is 2.24. The van der Waals surface area contributed by atoms with Gasteiger partial charge in [0.2, 0.25) is 0 Å². The standard InChI is InChI=1S/C9H12FNO2/c1-5-2-6(8(13)4-11)3-7(12)9(5)10/h2-3,8,12-13H,4,11H2,1H3. The summed E-state index contributed by atoms with van der Waals surface area (Å²) in [7, 11) is 0. The van der Waals surface area contributed by atoms with Crippen molar-refractivity contribution in [3.63, 3.8) is 0 Å². The second kappa shape index (κ2) is 3.72. The molecule has 0 aliphatic carbocycles. The minimum atomic E-state index is -0.856. The summed E-state index contributed by atoms with van der Waals surface area (Å²) < 4.78 is 12.9. The van der Waals surface area contributed by atoms with Crippen molar-refractivity contribution in [2.45, 2.75) is 13.0 Å². The summed E-state index contributed by atoms with van der Waals surface area (Å²) in [4.78, 5) is 0. The van der Waals surface area contributed by atoms with Crippen molar-refractivity contribution in [3.8, 4) is 5.75 Å². The largest absolute Gasteiger partial charge is 0.505 e. The molecule has 1 aromatic rings. The molecule has 1 aromatic carbocycles. The molecule has 4 heteroatoms. The van der Waals surface area contributed by atoms with Crippen LogP contribution in [0.4, 0.5) is 4.39 Å². The summed E-state index contributed by atoms with van der Waals surface area (Å²) in [6, 6.07) is 2.65. The van der Waals surface area contributed by atoms with Crippen LogP contribution in [0.15, 0.2) is 12.1 Å². The number of rotatable bonds is 2. The number of hydrogen-bond acceptors (Lipinski definition) is 3. The van der Waals surface area contributed by atoms with Gasteiger partial charge in [-0.25, -0.2) is 4.39 Å². The summed E-state index contributed by atoms with van der Waals surface area (Å²) in [6.07, 6.45) is -0.856. The maximum Gasteiger partial charge on any atom is 0.167 e. The third-order valence-electron chi connectivity index (χ3n) is 1.87. The first-order chi connectivity index (χ1) is 6.06. The third-order valence-corrected chi connectivity index (χ3v) is 1.87. The van der Waals surface area contributed by atoms with Gasteiger partial charge in [-0.05, 0) is 24.1 Å². The number of phenols is 1. The van der Waals surface area contributed by atoms with Crippen LogP contribution in [0.3, 0.4) is 0 Å². The van der Waals surface area contributed by atoms with E-state index >= 15 is 0 Å². The highest BCUT2D eigenvalue weighted by Gasteiger charge is 2.11. The van der Waals surface area contributed by atoms with Gasteiger partial charge in [-0.15, -0.1) is 0 Å². The topological polar surface area (TPSA) is 66.5 Å². The average molecular weight is 185 g/mol. The van der Waals surface area contributed by atoms with Crippen molar-refractivity contribution in [3.05, 3.63) is 29.1 Å². The predicted octanol–water partition coefficient (Wildman–Crippen LogP) is 0.832. The van der Waals surface area contributed by atoms with E-state index in [1.54, 1.807) is 0 Å². The van der Waals surface area contributed by atoms with Gasteiger partial charge in [0.1, 0.15) is 0 Å². The number of aliphatic hydroxyl groups excluding tert-OH is 1. The Labute approximate surface area is 75.6 Å². The molecule has 0 heterocycles. The average Bonchev–Trinajstić information content (AvgIpc) is 2.12. The molecule has 0 spiro atoms. The predicted molar refractivity (Wildman–Crippen MR) is 46.8 cm³/mol. The molecule has 3 nitrogen and oxygen atoms in total. The number of hydrogen-bond donors (Lipinski definition) is 3. The van der Waals surface area contributed by atoms with Crippen LogP contribution in [0.25, 0.3) is 0 Å². The fourth-order valence-corrected chi connectivity index (χ4v) is 1.11. The number of aryl methyl sites for hydroxylation is 1. The lowest BCUT2D eigenvalue weighted by Crippen LogP contribution is -2.11. The molecule has 1 atom stereocenters. The summed E-state index contributed by atoms with van der Waals surface area (Å²) >= 11 is 0. The Morgan fingerprint density at radius 3 is 2.62 bits per heavy atom. The molecule has 0 aliphatic heterocycles. The van der Waals surface area contributed by atoms with Gasteiger partial charge in [-0.3, -0.25) is 0 Å². The Morgan fingerprint density at radius 1 is 1.54 bits per heavy atom. The van der Waals surface area contributed by atoms with Gasteiger partial charge in [0.05, 0.1) is 6.10 Å². The van der Waals surface area contributed by atoms with Crippen LogP contribution in [-0.4, -0.2) is 16.8 Å². The van der Waals surface area contributed by atoms with Crippen LogP contribution in [0, 0.1) is 12.7 Å². The Hall–Kier alpha value is -1.13. The monoisotopic (exact) mass is 185 g/mol. The van der Waals surface area contributed by atoms with E-state index in [9.17, 15) is 9.50 Å². The number of phenolic OH excluding ortho intramolecular Hbond substituents is 1. The van der Waals surface area contributed by atoms with E-state index in [1.165, 1.54) is 19.1 Å². The Kier molecular flexibility index (Phi) is 2.85. The lowest BCUT2D eigenvalue weighted by atomic mass is 10.1. The summed E-state index contributed by atoms with van der Waals surface area (Å²) in [6.45, 7) is 1.56. The van der Waals surface area contributed by atoms with Gasteiger partial charge in [-0.2, -0.15) is 0 Å². The van der Waals surface area contributed by atoms with Crippen LogP contribution in [0.1, 0.15) is 17.2 Å². The second-order valence-electron chi connectivity index (χ2n) is 2.92. The fraction of sp³-hybridized carbons (Fsp3) is 0.333. The number of aromatic hydroxyl groups is 1. The van der Waals surface area contributed by atoms with Crippen LogP contribution < -0.4 is 5.73 Å². The van der Waals surface area contributed by atoms with E-state index in [1.807, 2.05) is 0 Å². The van der Waals surface area contributed by atoms with E-state index in [0.717, 1.165) is 0 Å². The Balaban J connectivity index is 3.13. The number of benzene rings is 1. The van der Waals surface area contributed by atoms with Crippen molar-refractivity contribution in [2.24, 2.45) is 5.73 Å². The van der Waals surface area contributed by atoms with Gasteiger partial charge < -0.3 is 15.9 Å². The zero-order valence-corrected chi connectivity index (χ0v) is 7.29. The second-order valence-corrected chi connectivity index (χ2v) is 2.92. The maximum absolute atomic E-state index is 12.9. The lowest BCUT2D eigenvalue weighted by Gasteiger charge is -2.10. The van der Waals surface area contributed by atoms with Crippen LogP contribution in [-0.2, 0) is 0 Å². The van der Waals surface area contributed by atoms with Crippen LogP contribution >= 0.6 is 0 Å². The summed E-state index contributed by atoms with van der Waals surface area (Å²) in [5.74, 6) is -1.12. The first kappa shape index (κ1) is 9.95. The zero-order chi connectivity index (χ0) is 10.0. The minimum absolute atomic E-state index is 0.0461. The van der Waals surface area contributed by atoms with Gasteiger partial charge in [0.25, 0.3) is 0 Å². The molecule has 0 amide bonds. The maximum atomic E-state index is 12.9. The van der Waals surface area contributed by atoms with Crippen molar-refractivity contribution >= 4 is 0 Å². The summed E-state index contributed by atoms with van der Waals surface area (Å²) in [5, 5.41) is 18.4. The van der Waals surface area contributed by atoms with Crippen molar-refractivity contribution in [1.82, 2.24) is 0 Å². The molecule has 0 radical (unpaired) electrons. The summed E-state index contributed by atoms with van der Waals surface area (Å²) in [5.41, 5.74) is 5.94. The zero-order valence-electron chi connectivity index (χ0n) is 7.29. The van der Waals surface area contributed by atoms with Gasteiger partial charge >= 0.3 is 0 Å². The minimum Gasteiger partial charge on any atom is -0.505 e. The van der Waals surface area contributed by atoms with Crippen molar-refractivity contribution in [1.29, 1.82) is 0 Å². The molecule has 0 saturated carbocycles. The van der Waals surface area contributed by atoms with Crippen molar-refractivity contribution < 1.29 is 14.6 Å². The van der Waals surface area contributed by atoms with E-state index < -0.39 is 17.7 Å². The first-order valence-electron chi connectivity index (χ1n) is 3.93. The number of aliphatic hydroxyl groups is 1. The quantitative estimate of drug-likeness (QED) is 0.639. The van der Waals surface area contributed by atoms with Crippen molar-refractivity contribution in [2.75, 3.05) is 6.54 Å².